The van der Waals surface area contributed by atoms with E-state index < -0.39 is 5.97 Å². The molecule has 0 aliphatic rings. The van der Waals surface area contributed by atoms with E-state index in [1.165, 1.54) is 12.8 Å². The Kier molecular flexibility index (Phi) is 13.0. The number of aliphatic hydroxyl groups excluding tert-OH is 1. The Bertz CT molecular complexity index is 236. The summed E-state index contributed by atoms with van der Waals surface area (Å²) in [6, 6.07) is 0. The molecule has 1 unspecified atom stereocenters. The van der Waals surface area contributed by atoms with Gasteiger partial charge in [-0.1, -0.05) is 38.3 Å². The van der Waals surface area contributed by atoms with E-state index in [-0.39, 0.29) is 12.5 Å². The fourth-order valence-corrected chi connectivity index (χ4v) is 2.07. The van der Waals surface area contributed by atoms with Crippen molar-refractivity contribution in [3.05, 3.63) is 12.2 Å². The highest BCUT2D eigenvalue weighted by Gasteiger charge is 2.01. The van der Waals surface area contributed by atoms with Crippen LogP contribution >= 0.6 is 0 Å². The van der Waals surface area contributed by atoms with Gasteiger partial charge in [-0.3, -0.25) is 4.79 Å². The van der Waals surface area contributed by atoms with Crippen molar-refractivity contribution in [2.24, 2.45) is 0 Å². The van der Waals surface area contributed by atoms with Crippen LogP contribution in [0.4, 0.5) is 0 Å². The Morgan fingerprint density at radius 2 is 1.63 bits per heavy atom. The predicted octanol–water partition coefficient (Wildman–Crippen LogP) is 4.30. The molecular formula is C16H30O3. The molecule has 0 rings (SSSR count). The molecule has 0 aliphatic carbocycles. The number of hydrogen-bond acceptors (Lipinski definition) is 2. The van der Waals surface area contributed by atoms with Gasteiger partial charge in [0.05, 0.1) is 6.10 Å². The van der Waals surface area contributed by atoms with Crippen molar-refractivity contribution in [2.45, 2.75) is 83.7 Å². The average molecular weight is 270 g/mol. The number of carboxylic acid groups (broad SMARTS) is 1. The predicted molar refractivity (Wildman–Crippen MR) is 79.2 cm³/mol. The van der Waals surface area contributed by atoms with Crippen LogP contribution in [-0.4, -0.2) is 22.3 Å². The highest BCUT2D eigenvalue weighted by Crippen LogP contribution is 2.10. The summed E-state index contributed by atoms with van der Waals surface area (Å²) >= 11 is 0. The number of aliphatic hydroxyl groups is 1. The minimum Gasteiger partial charge on any atom is -0.481 e. The van der Waals surface area contributed by atoms with Gasteiger partial charge in [0.2, 0.25) is 0 Å². The quantitative estimate of drug-likeness (QED) is 0.387. The third kappa shape index (κ3) is 15.1. The SMILES string of the molecule is CCCC(O)CCCCCC=CCCCCC(=O)O. The first-order chi connectivity index (χ1) is 9.16. The first kappa shape index (κ1) is 18.2. The van der Waals surface area contributed by atoms with E-state index in [9.17, 15) is 9.90 Å². The molecule has 19 heavy (non-hydrogen) atoms. The van der Waals surface area contributed by atoms with Crippen molar-refractivity contribution in [1.29, 1.82) is 0 Å². The van der Waals surface area contributed by atoms with Gasteiger partial charge >= 0.3 is 5.97 Å². The number of allylic oxidation sites excluding steroid dienone is 2. The Morgan fingerprint density at radius 1 is 1.00 bits per heavy atom. The minimum absolute atomic E-state index is 0.102. The van der Waals surface area contributed by atoms with Gasteiger partial charge in [0.15, 0.2) is 0 Å². The zero-order valence-corrected chi connectivity index (χ0v) is 12.3. The van der Waals surface area contributed by atoms with Gasteiger partial charge in [-0.2, -0.15) is 0 Å². The van der Waals surface area contributed by atoms with Crippen LogP contribution in [0.1, 0.15) is 77.6 Å². The summed E-state index contributed by atoms with van der Waals surface area (Å²) in [6.07, 6.45) is 14.8. The molecule has 0 aromatic rings. The molecular weight excluding hydrogens is 240 g/mol. The Labute approximate surface area is 117 Å². The maximum absolute atomic E-state index is 10.3. The van der Waals surface area contributed by atoms with Crippen molar-refractivity contribution in [2.75, 3.05) is 0 Å². The molecule has 0 saturated heterocycles. The molecule has 0 heterocycles. The summed E-state index contributed by atoms with van der Waals surface area (Å²) in [7, 11) is 0. The molecule has 0 saturated carbocycles. The van der Waals surface area contributed by atoms with Crippen LogP contribution in [0.25, 0.3) is 0 Å². The van der Waals surface area contributed by atoms with Gasteiger partial charge in [0, 0.05) is 6.42 Å². The molecule has 0 aromatic carbocycles. The van der Waals surface area contributed by atoms with E-state index in [1.54, 1.807) is 0 Å². The summed E-state index contributed by atoms with van der Waals surface area (Å²) in [5.74, 6) is -0.700. The van der Waals surface area contributed by atoms with E-state index in [0.717, 1.165) is 51.4 Å². The van der Waals surface area contributed by atoms with E-state index in [1.807, 2.05) is 0 Å². The second-order valence-corrected chi connectivity index (χ2v) is 5.19. The van der Waals surface area contributed by atoms with Crippen molar-refractivity contribution < 1.29 is 15.0 Å². The van der Waals surface area contributed by atoms with Gasteiger partial charge in [-0.15, -0.1) is 0 Å². The fourth-order valence-electron chi connectivity index (χ4n) is 2.07. The molecule has 0 radical (unpaired) electrons. The topological polar surface area (TPSA) is 57.5 Å². The van der Waals surface area contributed by atoms with Gasteiger partial charge in [-0.05, 0) is 44.9 Å². The first-order valence-electron chi connectivity index (χ1n) is 7.71. The number of aliphatic carboxylic acids is 1. The van der Waals surface area contributed by atoms with Crippen LogP contribution in [0.3, 0.4) is 0 Å². The van der Waals surface area contributed by atoms with Crippen LogP contribution < -0.4 is 0 Å². The normalized spacial score (nSPS) is 12.9. The lowest BCUT2D eigenvalue weighted by molar-refractivity contribution is -0.137. The summed E-state index contributed by atoms with van der Waals surface area (Å²) in [5.41, 5.74) is 0. The van der Waals surface area contributed by atoms with Gasteiger partial charge < -0.3 is 10.2 Å². The summed E-state index contributed by atoms with van der Waals surface area (Å²) in [5, 5.41) is 18.0. The van der Waals surface area contributed by atoms with Crippen LogP contribution in [0.15, 0.2) is 12.2 Å². The van der Waals surface area contributed by atoms with Crippen molar-refractivity contribution in [1.82, 2.24) is 0 Å². The highest BCUT2D eigenvalue weighted by molar-refractivity contribution is 5.66. The van der Waals surface area contributed by atoms with E-state index in [4.69, 9.17) is 5.11 Å². The number of carboxylic acids is 1. The first-order valence-corrected chi connectivity index (χ1v) is 7.71. The largest absolute Gasteiger partial charge is 0.481 e. The molecule has 112 valence electrons. The van der Waals surface area contributed by atoms with Crippen molar-refractivity contribution in [3.63, 3.8) is 0 Å². The molecule has 3 nitrogen and oxygen atoms in total. The molecule has 0 aromatic heterocycles. The lowest BCUT2D eigenvalue weighted by atomic mass is 10.1. The number of rotatable bonds is 13. The van der Waals surface area contributed by atoms with Crippen LogP contribution in [0.5, 0.6) is 0 Å². The number of unbranched alkanes of at least 4 members (excludes halogenated alkanes) is 5. The van der Waals surface area contributed by atoms with Crippen molar-refractivity contribution in [3.8, 4) is 0 Å². The standard InChI is InChI=1S/C16H30O3/c1-2-12-15(17)13-10-8-6-4-3-5-7-9-11-14-16(18)19/h3,5,15,17H,2,4,6-14H2,1H3,(H,18,19). The lowest BCUT2D eigenvalue weighted by Crippen LogP contribution is -2.04. The smallest absolute Gasteiger partial charge is 0.303 e. The molecule has 0 bridgehead atoms. The van der Waals surface area contributed by atoms with E-state index in [2.05, 4.69) is 19.1 Å². The monoisotopic (exact) mass is 270 g/mol. The van der Waals surface area contributed by atoms with Gasteiger partial charge in [0.25, 0.3) is 0 Å². The maximum Gasteiger partial charge on any atom is 0.303 e. The molecule has 0 amide bonds. The zero-order valence-electron chi connectivity index (χ0n) is 12.3. The summed E-state index contributed by atoms with van der Waals surface area (Å²) in [6.45, 7) is 2.10. The van der Waals surface area contributed by atoms with Crippen molar-refractivity contribution >= 4 is 5.97 Å². The summed E-state index contributed by atoms with van der Waals surface area (Å²) in [4.78, 5) is 10.3. The van der Waals surface area contributed by atoms with Crippen LogP contribution in [0, 0.1) is 0 Å². The molecule has 1 atom stereocenters. The van der Waals surface area contributed by atoms with Gasteiger partial charge in [0.1, 0.15) is 0 Å². The molecule has 3 heteroatoms. The van der Waals surface area contributed by atoms with E-state index in [0.29, 0.717) is 0 Å². The maximum atomic E-state index is 10.3. The fraction of sp³-hybridized carbons (Fsp3) is 0.812. The number of hydrogen-bond donors (Lipinski definition) is 2. The molecule has 0 spiro atoms. The second-order valence-electron chi connectivity index (χ2n) is 5.19. The average Bonchev–Trinajstić information content (AvgIpc) is 2.36. The Hall–Kier alpha value is -0.830. The van der Waals surface area contributed by atoms with Gasteiger partial charge in [-0.25, -0.2) is 0 Å². The molecule has 0 fully saturated rings. The van der Waals surface area contributed by atoms with Crippen LogP contribution in [-0.2, 0) is 4.79 Å². The van der Waals surface area contributed by atoms with E-state index >= 15 is 0 Å². The Morgan fingerprint density at radius 3 is 2.21 bits per heavy atom. The van der Waals surface area contributed by atoms with Crippen LogP contribution in [0.2, 0.25) is 0 Å². The zero-order chi connectivity index (χ0) is 14.3. The third-order valence-electron chi connectivity index (χ3n) is 3.21. The second kappa shape index (κ2) is 13.6. The number of carbonyl (C=O) groups is 1. The Balaban J connectivity index is 3.19. The molecule has 2 N–H and O–H groups in total. The third-order valence-corrected chi connectivity index (χ3v) is 3.21. The lowest BCUT2D eigenvalue weighted by Gasteiger charge is -2.07. The summed E-state index contributed by atoms with van der Waals surface area (Å²) < 4.78 is 0. The molecule has 0 aliphatic heterocycles. The highest BCUT2D eigenvalue weighted by atomic mass is 16.4. The minimum atomic E-state index is -0.700.